The monoisotopic (exact) mass is 194 g/mol. The molecule has 0 bridgehead atoms. The van der Waals surface area contributed by atoms with Crippen molar-refractivity contribution in [3.63, 3.8) is 0 Å². The summed E-state index contributed by atoms with van der Waals surface area (Å²) in [5.41, 5.74) is 0.940. The van der Waals surface area contributed by atoms with Gasteiger partial charge >= 0.3 is 0 Å². The summed E-state index contributed by atoms with van der Waals surface area (Å²) in [5, 5.41) is 6.58. The van der Waals surface area contributed by atoms with E-state index in [1.54, 1.807) is 11.7 Å². The van der Waals surface area contributed by atoms with Crippen molar-refractivity contribution in [3.05, 3.63) is 17.5 Å². The Morgan fingerprint density at radius 1 is 1.50 bits per heavy atom. The van der Waals surface area contributed by atoms with E-state index in [1.807, 2.05) is 20.8 Å². The SMILES string of the molecule is CC(C)=CC(=O)Nc1nc(C)n(C)n1. The van der Waals surface area contributed by atoms with Crippen molar-refractivity contribution in [2.24, 2.45) is 7.05 Å². The van der Waals surface area contributed by atoms with E-state index in [0.717, 1.165) is 11.4 Å². The van der Waals surface area contributed by atoms with Crippen LogP contribution in [0.2, 0.25) is 0 Å². The number of carbonyl (C=O) groups is 1. The summed E-state index contributed by atoms with van der Waals surface area (Å²) in [7, 11) is 1.78. The minimum atomic E-state index is -0.199. The molecule has 0 aromatic carbocycles. The second-order valence-electron chi connectivity index (χ2n) is 3.32. The van der Waals surface area contributed by atoms with Gasteiger partial charge in [-0.05, 0) is 20.8 Å². The third-order valence-corrected chi connectivity index (χ3v) is 1.64. The van der Waals surface area contributed by atoms with Gasteiger partial charge in [0.15, 0.2) is 0 Å². The molecule has 1 rings (SSSR count). The highest BCUT2D eigenvalue weighted by Gasteiger charge is 2.04. The highest BCUT2D eigenvalue weighted by Crippen LogP contribution is 2.00. The fourth-order valence-electron chi connectivity index (χ4n) is 0.924. The maximum Gasteiger partial charge on any atom is 0.250 e. The van der Waals surface area contributed by atoms with Gasteiger partial charge in [-0.25, -0.2) is 0 Å². The highest BCUT2D eigenvalue weighted by molar-refractivity contribution is 5.98. The van der Waals surface area contributed by atoms with Crippen LogP contribution < -0.4 is 5.32 Å². The largest absolute Gasteiger partial charge is 0.290 e. The Morgan fingerprint density at radius 2 is 2.14 bits per heavy atom. The number of hydrogen-bond donors (Lipinski definition) is 1. The molecule has 5 heteroatoms. The normalized spacial score (nSPS) is 9.71. The molecule has 1 N–H and O–H groups in total. The molecule has 0 radical (unpaired) electrons. The van der Waals surface area contributed by atoms with Gasteiger partial charge in [-0.2, -0.15) is 4.98 Å². The van der Waals surface area contributed by atoms with Crippen LogP contribution in [0.3, 0.4) is 0 Å². The fraction of sp³-hybridized carbons (Fsp3) is 0.444. The molecule has 0 fully saturated rings. The van der Waals surface area contributed by atoms with E-state index in [9.17, 15) is 4.79 Å². The maximum absolute atomic E-state index is 11.3. The number of rotatable bonds is 2. The Hall–Kier alpha value is -1.65. The predicted molar refractivity (Wildman–Crippen MR) is 53.8 cm³/mol. The van der Waals surface area contributed by atoms with Crippen LogP contribution in [-0.4, -0.2) is 20.7 Å². The van der Waals surface area contributed by atoms with Crippen LogP contribution in [0.25, 0.3) is 0 Å². The van der Waals surface area contributed by atoms with Crippen molar-refractivity contribution in [2.45, 2.75) is 20.8 Å². The minimum absolute atomic E-state index is 0.199. The van der Waals surface area contributed by atoms with Crippen LogP contribution in [-0.2, 0) is 11.8 Å². The van der Waals surface area contributed by atoms with Crippen LogP contribution in [0, 0.1) is 6.92 Å². The molecule has 0 spiro atoms. The molecule has 1 heterocycles. The second kappa shape index (κ2) is 4.04. The van der Waals surface area contributed by atoms with Crippen LogP contribution >= 0.6 is 0 Å². The third kappa shape index (κ3) is 2.69. The number of hydrogen-bond acceptors (Lipinski definition) is 3. The van der Waals surface area contributed by atoms with Crippen molar-refractivity contribution in [3.8, 4) is 0 Å². The molecule has 1 aromatic rings. The number of nitrogens with zero attached hydrogens (tertiary/aromatic N) is 3. The summed E-state index contributed by atoms with van der Waals surface area (Å²) in [5.74, 6) is 0.903. The lowest BCUT2D eigenvalue weighted by molar-refractivity contribution is -0.112. The molecule has 1 amide bonds. The molecule has 0 unspecified atom stereocenters. The predicted octanol–water partition coefficient (Wildman–Crippen LogP) is 1.03. The van der Waals surface area contributed by atoms with E-state index < -0.39 is 0 Å². The second-order valence-corrected chi connectivity index (χ2v) is 3.32. The zero-order chi connectivity index (χ0) is 10.7. The van der Waals surface area contributed by atoms with Gasteiger partial charge in [-0.3, -0.25) is 14.8 Å². The summed E-state index contributed by atoms with van der Waals surface area (Å²) in [4.78, 5) is 15.3. The van der Waals surface area contributed by atoms with Crippen molar-refractivity contribution >= 4 is 11.9 Å². The molecular formula is C9H14N4O. The Bertz CT molecular complexity index is 355. The molecule has 0 atom stereocenters. The van der Waals surface area contributed by atoms with Crippen LogP contribution in [0.15, 0.2) is 11.6 Å². The average molecular weight is 194 g/mol. The number of carbonyl (C=O) groups excluding carboxylic acids is 1. The van der Waals surface area contributed by atoms with Crippen LogP contribution in [0.4, 0.5) is 5.95 Å². The first-order valence-electron chi connectivity index (χ1n) is 4.32. The minimum Gasteiger partial charge on any atom is -0.290 e. The van der Waals surface area contributed by atoms with Crippen molar-refractivity contribution in [2.75, 3.05) is 5.32 Å². The quantitative estimate of drug-likeness (QED) is 0.715. The zero-order valence-corrected chi connectivity index (χ0v) is 8.83. The Balaban J connectivity index is 2.70. The fourth-order valence-corrected chi connectivity index (χ4v) is 0.924. The molecule has 0 aliphatic heterocycles. The number of aromatic nitrogens is 3. The van der Waals surface area contributed by atoms with Crippen LogP contribution in [0.1, 0.15) is 19.7 Å². The number of allylic oxidation sites excluding steroid dienone is 1. The Kier molecular flexibility index (Phi) is 3.01. The van der Waals surface area contributed by atoms with Crippen molar-refractivity contribution in [1.82, 2.24) is 14.8 Å². The summed E-state index contributed by atoms with van der Waals surface area (Å²) >= 11 is 0. The van der Waals surface area contributed by atoms with Gasteiger partial charge < -0.3 is 0 Å². The summed E-state index contributed by atoms with van der Waals surface area (Å²) < 4.78 is 1.61. The number of aryl methyl sites for hydroxylation is 2. The van der Waals surface area contributed by atoms with E-state index in [2.05, 4.69) is 15.4 Å². The van der Waals surface area contributed by atoms with E-state index in [0.29, 0.717) is 5.95 Å². The molecule has 14 heavy (non-hydrogen) atoms. The Labute approximate surface area is 82.8 Å². The van der Waals surface area contributed by atoms with Gasteiger partial charge in [-0.1, -0.05) is 5.57 Å². The number of anilines is 1. The first-order valence-corrected chi connectivity index (χ1v) is 4.32. The van der Waals surface area contributed by atoms with E-state index in [1.165, 1.54) is 6.08 Å². The lowest BCUT2D eigenvalue weighted by atomic mass is 10.3. The summed E-state index contributed by atoms with van der Waals surface area (Å²) in [6.45, 7) is 5.54. The molecule has 0 saturated heterocycles. The maximum atomic E-state index is 11.3. The van der Waals surface area contributed by atoms with Gasteiger partial charge in [0.05, 0.1) is 0 Å². The standard InChI is InChI=1S/C9H14N4O/c1-6(2)5-8(14)11-9-10-7(3)13(4)12-9/h5H,1-4H3,(H,11,12,14). The van der Waals surface area contributed by atoms with Gasteiger partial charge in [0, 0.05) is 13.1 Å². The molecule has 0 aliphatic rings. The summed E-state index contributed by atoms with van der Waals surface area (Å²) in [6, 6.07) is 0. The van der Waals surface area contributed by atoms with Crippen molar-refractivity contribution < 1.29 is 4.79 Å². The molecular weight excluding hydrogens is 180 g/mol. The molecule has 0 aliphatic carbocycles. The van der Waals surface area contributed by atoms with E-state index >= 15 is 0 Å². The van der Waals surface area contributed by atoms with E-state index in [-0.39, 0.29) is 5.91 Å². The van der Waals surface area contributed by atoms with Crippen LogP contribution in [0.5, 0.6) is 0 Å². The number of nitrogens with one attached hydrogen (secondary N) is 1. The Morgan fingerprint density at radius 3 is 2.57 bits per heavy atom. The van der Waals surface area contributed by atoms with Gasteiger partial charge in [0.1, 0.15) is 5.82 Å². The van der Waals surface area contributed by atoms with Gasteiger partial charge in [0.25, 0.3) is 5.91 Å². The lowest BCUT2D eigenvalue weighted by Crippen LogP contribution is -2.10. The molecule has 5 nitrogen and oxygen atoms in total. The first-order chi connectivity index (χ1) is 6.49. The molecule has 76 valence electrons. The average Bonchev–Trinajstić information content (AvgIpc) is 2.28. The van der Waals surface area contributed by atoms with Crippen molar-refractivity contribution in [1.29, 1.82) is 0 Å². The number of amides is 1. The molecule has 1 aromatic heterocycles. The lowest BCUT2D eigenvalue weighted by Gasteiger charge is -1.94. The summed E-state index contributed by atoms with van der Waals surface area (Å²) in [6.07, 6.45) is 1.51. The highest BCUT2D eigenvalue weighted by atomic mass is 16.1. The third-order valence-electron chi connectivity index (χ3n) is 1.64. The topological polar surface area (TPSA) is 59.8 Å². The molecule has 0 saturated carbocycles. The van der Waals surface area contributed by atoms with Gasteiger partial charge in [-0.15, -0.1) is 5.10 Å². The zero-order valence-electron chi connectivity index (χ0n) is 8.83. The smallest absolute Gasteiger partial charge is 0.250 e. The van der Waals surface area contributed by atoms with Gasteiger partial charge in [0.2, 0.25) is 5.95 Å². The first kappa shape index (κ1) is 10.4. The van der Waals surface area contributed by atoms with E-state index in [4.69, 9.17) is 0 Å².